The van der Waals surface area contributed by atoms with Crippen molar-refractivity contribution in [2.75, 3.05) is 6.54 Å². The first-order valence-corrected chi connectivity index (χ1v) is 5.75. The van der Waals surface area contributed by atoms with Crippen molar-refractivity contribution in [3.63, 3.8) is 0 Å². The first kappa shape index (κ1) is 11.1. The maximum Gasteiger partial charge on any atom is 0.223 e. The zero-order valence-electron chi connectivity index (χ0n) is 9.37. The normalized spacial score (nSPS) is 22.9. The van der Waals surface area contributed by atoms with Gasteiger partial charge in [0.05, 0.1) is 0 Å². The lowest BCUT2D eigenvalue weighted by atomic mass is 10.1. The molecule has 0 radical (unpaired) electrons. The molecule has 3 heteroatoms. The highest BCUT2D eigenvalue weighted by atomic mass is 19.1. The third kappa shape index (κ3) is 2.40. The average molecular weight is 221 g/mol. The fourth-order valence-corrected chi connectivity index (χ4v) is 1.94. The van der Waals surface area contributed by atoms with Gasteiger partial charge in [0.2, 0.25) is 5.91 Å². The molecule has 0 spiro atoms. The molecular weight excluding hydrogens is 205 g/mol. The van der Waals surface area contributed by atoms with Crippen molar-refractivity contribution >= 4 is 5.91 Å². The maximum absolute atomic E-state index is 12.7. The number of hydrogen-bond acceptors (Lipinski definition) is 1. The summed E-state index contributed by atoms with van der Waals surface area (Å²) in [6.07, 6.45) is 1.85. The molecular formula is C13H16FNO. The van der Waals surface area contributed by atoms with Crippen molar-refractivity contribution in [2.24, 2.45) is 5.92 Å². The number of nitrogens with one attached hydrogen (secondary N) is 1. The number of hydrogen-bond donors (Lipinski definition) is 1. The SMILES string of the molecule is CCCNC(=O)C1CC1c1ccc(F)cc1. The minimum absolute atomic E-state index is 0.0945. The summed E-state index contributed by atoms with van der Waals surface area (Å²) in [6.45, 7) is 2.77. The van der Waals surface area contributed by atoms with Gasteiger partial charge in [0, 0.05) is 12.5 Å². The van der Waals surface area contributed by atoms with Gasteiger partial charge in [0.1, 0.15) is 5.82 Å². The van der Waals surface area contributed by atoms with Crippen LogP contribution in [-0.4, -0.2) is 12.5 Å². The van der Waals surface area contributed by atoms with E-state index in [1.165, 1.54) is 12.1 Å². The van der Waals surface area contributed by atoms with Gasteiger partial charge >= 0.3 is 0 Å². The second-order valence-corrected chi connectivity index (χ2v) is 4.29. The van der Waals surface area contributed by atoms with Crippen LogP contribution < -0.4 is 5.32 Å². The molecule has 2 atom stereocenters. The lowest BCUT2D eigenvalue weighted by molar-refractivity contribution is -0.122. The summed E-state index contributed by atoms with van der Waals surface area (Å²) >= 11 is 0. The van der Waals surface area contributed by atoms with E-state index in [4.69, 9.17) is 0 Å². The zero-order chi connectivity index (χ0) is 11.5. The fourth-order valence-electron chi connectivity index (χ4n) is 1.94. The van der Waals surface area contributed by atoms with Crippen LogP contribution in [0.4, 0.5) is 4.39 Å². The first-order chi connectivity index (χ1) is 7.72. The van der Waals surface area contributed by atoms with Crippen molar-refractivity contribution < 1.29 is 9.18 Å². The number of amides is 1. The lowest BCUT2D eigenvalue weighted by Gasteiger charge is -2.02. The van der Waals surface area contributed by atoms with Crippen LogP contribution in [0, 0.1) is 11.7 Å². The molecule has 1 aromatic rings. The number of rotatable bonds is 4. The molecule has 2 unspecified atom stereocenters. The molecule has 1 aliphatic carbocycles. The van der Waals surface area contributed by atoms with Crippen molar-refractivity contribution in [3.05, 3.63) is 35.6 Å². The van der Waals surface area contributed by atoms with Crippen LogP contribution in [0.15, 0.2) is 24.3 Å². The van der Waals surface area contributed by atoms with Gasteiger partial charge in [-0.15, -0.1) is 0 Å². The Balaban J connectivity index is 1.91. The van der Waals surface area contributed by atoms with Crippen molar-refractivity contribution in [1.82, 2.24) is 5.32 Å². The molecule has 0 aromatic heterocycles. The highest BCUT2D eigenvalue weighted by Gasteiger charge is 2.43. The topological polar surface area (TPSA) is 29.1 Å². The average Bonchev–Trinajstić information content (AvgIpc) is 3.07. The largest absolute Gasteiger partial charge is 0.356 e. The molecule has 0 bridgehead atoms. The van der Waals surface area contributed by atoms with Crippen LogP contribution >= 0.6 is 0 Å². The van der Waals surface area contributed by atoms with Crippen LogP contribution in [0.1, 0.15) is 31.2 Å². The van der Waals surface area contributed by atoms with Crippen molar-refractivity contribution in [2.45, 2.75) is 25.7 Å². The second-order valence-electron chi connectivity index (χ2n) is 4.29. The third-order valence-corrected chi connectivity index (χ3v) is 2.97. The van der Waals surface area contributed by atoms with Gasteiger partial charge in [-0.3, -0.25) is 4.79 Å². The van der Waals surface area contributed by atoms with Gasteiger partial charge in [-0.2, -0.15) is 0 Å². The molecule has 0 aliphatic heterocycles. The Morgan fingerprint density at radius 1 is 1.44 bits per heavy atom. The number of carbonyl (C=O) groups excluding carboxylic acids is 1. The lowest BCUT2D eigenvalue weighted by Crippen LogP contribution is -2.25. The molecule has 1 saturated carbocycles. The van der Waals surface area contributed by atoms with Crippen LogP contribution in [0.2, 0.25) is 0 Å². The summed E-state index contributed by atoms with van der Waals surface area (Å²) in [4.78, 5) is 11.6. The van der Waals surface area contributed by atoms with E-state index in [1.54, 1.807) is 12.1 Å². The van der Waals surface area contributed by atoms with Gasteiger partial charge in [0.15, 0.2) is 0 Å². The smallest absolute Gasteiger partial charge is 0.223 e. The second kappa shape index (κ2) is 4.64. The Kier molecular flexibility index (Phi) is 3.22. The Bertz CT molecular complexity index is 374. The van der Waals surface area contributed by atoms with E-state index in [0.29, 0.717) is 0 Å². The molecule has 1 aromatic carbocycles. The molecule has 16 heavy (non-hydrogen) atoms. The van der Waals surface area contributed by atoms with Crippen LogP contribution in [-0.2, 0) is 4.79 Å². The highest BCUT2D eigenvalue weighted by molar-refractivity contribution is 5.82. The van der Waals surface area contributed by atoms with Gasteiger partial charge < -0.3 is 5.32 Å². The summed E-state index contributed by atoms with van der Waals surface area (Å²) in [5.74, 6) is 0.294. The molecule has 0 saturated heterocycles. The van der Waals surface area contributed by atoms with Gasteiger partial charge in [0.25, 0.3) is 0 Å². The van der Waals surface area contributed by atoms with E-state index in [0.717, 1.165) is 24.9 Å². The number of carbonyl (C=O) groups is 1. The standard InChI is InChI=1S/C13H16FNO/c1-2-7-15-13(16)12-8-11(12)9-3-5-10(14)6-4-9/h3-6,11-12H,2,7-8H2,1H3,(H,15,16). The Morgan fingerprint density at radius 3 is 2.75 bits per heavy atom. The predicted octanol–water partition coefficient (Wildman–Crippen LogP) is 2.46. The van der Waals surface area contributed by atoms with E-state index >= 15 is 0 Å². The molecule has 2 nitrogen and oxygen atoms in total. The summed E-state index contributed by atoms with van der Waals surface area (Å²) in [6, 6.07) is 6.45. The van der Waals surface area contributed by atoms with E-state index < -0.39 is 0 Å². The molecule has 1 amide bonds. The third-order valence-electron chi connectivity index (χ3n) is 2.97. The Labute approximate surface area is 94.9 Å². The molecule has 0 heterocycles. The Morgan fingerprint density at radius 2 is 2.12 bits per heavy atom. The monoisotopic (exact) mass is 221 g/mol. The van der Waals surface area contributed by atoms with Crippen LogP contribution in [0.25, 0.3) is 0 Å². The van der Waals surface area contributed by atoms with Crippen LogP contribution in [0.3, 0.4) is 0 Å². The van der Waals surface area contributed by atoms with E-state index in [9.17, 15) is 9.18 Å². The fraction of sp³-hybridized carbons (Fsp3) is 0.462. The predicted molar refractivity (Wildman–Crippen MR) is 60.5 cm³/mol. The minimum Gasteiger partial charge on any atom is -0.356 e. The van der Waals surface area contributed by atoms with Gasteiger partial charge in [-0.25, -0.2) is 4.39 Å². The van der Waals surface area contributed by atoms with E-state index in [2.05, 4.69) is 5.32 Å². The van der Waals surface area contributed by atoms with Crippen molar-refractivity contribution in [3.8, 4) is 0 Å². The maximum atomic E-state index is 12.7. The molecule has 1 aliphatic rings. The minimum atomic E-state index is -0.226. The molecule has 1 fully saturated rings. The van der Waals surface area contributed by atoms with Crippen molar-refractivity contribution in [1.29, 1.82) is 0 Å². The van der Waals surface area contributed by atoms with E-state index in [-0.39, 0.29) is 23.6 Å². The number of halogens is 1. The Hall–Kier alpha value is -1.38. The molecule has 1 N–H and O–H groups in total. The summed E-state index contributed by atoms with van der Waals surface area (Å²) in [5.41, 5.74) is 1.07. The number of benzene rings is 1. The summed E-state index contributed by atoms with van der Waals surface area (Å²) < 4.78 is 12.7. The molecule has 86 valence electrons. The van der Waals surface area contributed by atoms with E-state index in [1.807, 2.05) is 6.92 Å². The first-order valence-electron chi connectivity index (χ1n) is 5.75. The highest BCUT2D eigenvalue weighted by Crippen LogP contribution is 2.47. The summed E-state index contributed by atoms with van der Waals surface area (Å²) in [7, 11) is 0. The van der Waals surface area contributed by atoms with Gasteiger partial charge in [-0.05, 0) is 36.5 Å². The summed E-state index contributed by atoms with van der Waals surface area (Å²) in [5, 5.41) is 2.89. The van der Waals surface area contributed by atoms with Crippen LogP contribution in [0.5, 0.6) is 0 Å². The van der Waals surface area contributed by atoms with Gasteiger partial charge in [-0.1, -0.05) is 19.1 Å². The molecule has 2 rings (SSSR count). The quantitative estimate of drug-likeness (QED) is 0.831. The zero-order valence-corrected chi connectivity index (χ0v) is 9.37.